The molecule has 1 saturated heterocycles. The largest absolute Gasteiger partial charge is 0.480 e. The Morgan fingerprint density at radius 1 is 1.37 bits per heavy atom. The lowest BCUT2D eigenvalue weighted by atomic mass is 10.1. The van der Waals surface area contributed by atoms with Crippen molar-refractivity contribution in [1.29, 1.82) is 0 Å². The molecule has 1 fully saturated rings. The summed E-state index contributed by atoms with van der Waals surface area (Å²) in [7, 11) is -4.05. The van der Waals surface area contributed by atoms with Crippen LogP contribution in [0.1, 0.15) is 5.56 Å². The summed E-state index contributed by atoms with van der Waals surface area (Å²) >= 11 is 0. The molecule has 0 spiro atoms. The van der Waals surface area contributed by atoms with Crippen molar-refractivity contribution in [3.63, 3.8) is 0 Å². The molecular weight excluding hydrogens is 272 g/mol. The number of nitrogens with one attached hydrogen (secondary N) is 1. The zero-order chi connectivity index (χ0) is 14.0. The molecule has 2 N–H and O–H groups in total. The lowest BCUT2D eigenvalue weighted by Gasteiger charge is -2.20. The lowest BCUT2D eigenvalue weighted by Crippen LogP contribution is -2.44. The molecule has 1 aliphatic rings. The summed E-state index contributed by atoms with van der Waals surface area (Å²) in [4.78, 5) is 22.4. The quantitative estimate of drug-likeness (QED) is 0.765. The minimum atomic E-state index is -4.05. The Balaban J connectivity index is 2.27. The molecule has 1 atom stereocenters. The van der Waals surface area contributed by atoms with Crippen LogP contribution in [-0.2, 0) is 26.2 Å². The second kappa shape index (κ2) is 4.98. The standard InChI is InChI=1S/C11H12N2O5S/c14-10-7-13(19(17,18)12-10)9(11(15)16)6-8-4-2-1-3-5-8/h1-5,9H,6-7H2,(H,12,14)(H,15,16). The van der Waals surface area contributed by atoms with Crippen LogP contribution in [0.4, 0.5) is 0 Å². The number of benzene rings is 1. The van der Waals surface area contributed by atoms with E-state index in [0.29, 0.717) is 9.87 Å². The highest BCUT2D eigenvalue weighted by molar-refractivity contribution is 7.88. The summed E-state index contributed by atoms with van der Waals surface area (Å²) in [6.07, 6.45) is 0.00433. The lowest BCUT2D eigenvalue weighted by molar-refractivity contribution is -0.141. The highest BCUT2D eigenvalue weighted by atomic mass is 32.2. The molecule has 1 aromatic carbocycles. The molecule has 0 saturated carbocycles. The van der Waals surface area contributed by atoms with Crippen molar-refractivity contribution in [2.75, 3.05) is 6.54 Å². The summed E-state index contributed by atoms with van der Waals surface area (Å²) in [6.45, 7) is -0.466. The molecule has 0 bridgehead atoms. The Hall–Kier alpha value is -1.93. The smallest absolute Gasteiger partial charge is 0.322 e. The zero-order valence-electron chi connectivity index (χ0n) is 9.81. The van der Waals surface area contributed by atoms with Crippen molar-refractivity contribution in [3.05, 3.63) is 35.9 Å². The normalized spacial score (nSPS) is 19.9. The predicted molar refractivity (Wildman–Crippen MR) is 65.3 cm³/mol. The zero-order valence-corrected chi connectivity index (χ0v) is 10.6. The molecule has 1 unspecified atom stereocenters. The fourth-order valence-electron chi connectivity index (χ4n) is 1.89. The number of carboxylic acid groups (broad SMARTS) is 1. The van der Waals surface area contributed by atoms with Gasteiger partial charge in [-0.25, -0.2) is 4.72 Å². The molecule has 7 nitrogen and oxygen atoms in total. The molecule has 1 aromatic rings. The molecule has 0 radical (unpaired) electrons. The Kier molecular flexibility index (Phi) is 3.54. The third-order valence-corrected chi connectivity index (χ3v) is 4.24. The Bertz CT molecular complexity index is 599. The van der Waals surface area contributed by atoms with Crippen molar-refractivity contribution in [1.82, 2.24) is 9.03 Å². The average molecular weight is 284 g/mol. The van der Waals surface area contributed by atoms with Crippen molar-refractivity contribution in [2.45, 2.75) is 12.5 Å². The van der Waals surface area contributed by atoms with Gasteiger partial charge in [0.15, 0.2) is 0 Å². The Labute approximate surface area is 110 Å². The fraction of sp³-hybridized carbons (Fsp3) is 0.273. The van der Waals surface area contributed by atoms with Gasteiger partial charge in [-0.1, -0.05) is 30.3 Å². The first-order chi connectivity index (χ1) is 8.90. The summed E-state index contributed by atoms with van der Waals surface area (Å²) < 4.78 is 25.7. The van der Waals surface area contributed by atoms with E-state index in [1.54, 1.807) is 35.1 Å². The Morgan fingerprint density at radius 2 is 2.00 bits per heavy atom. The maximum Gasteiger partial charge on any atom is 0.322 e. The number of nitrogens with zero attached hydrogens (tertiary/aromatic N) is 1. The minimum absolute atomic E-state index is 0.00433. The summed E-state index contributed by atoms with van der Waals surface area (Å²) in [6, 6.07) is 7.34. The number of hydrogen-bond donors (Lipinski definition) is 2. The fourth-order valence-corrected chi connectivity index (χ4v) is 3.15. The van der Waals surface area contributed by atoms with Crippen LogP contribution in [-0.4, -0.2) is 42.3 Å². The van der Waals surface area contributed by atoms with Gasteiger partial charge in [-0.05, 0) is 12.0 Å². The van der Waals surface area contributed by atoms with Crippen LogP contribution in [0.5, 0.6) is 0 Å². The number of amides is 1. The van der Waals surface area contributed by atoms with Crippen molar-refractivity contribution >= 4 is 22.1 Å². The maximum atomic E-state index is 11.6. The summed E-state index contributed by atoms with van der Waals surface area (Å²) in [5.74, 6) is -2.01. The van der Waals surface area contributed by atoms with Gasteiger partial charge < -0.3 is 5.11 Å². The number of aliphatic carboxylic acids is 1. The van der Waals surface area contributed by atoms with Crippen LogP contribution in [0.15, 0.2) is 30.3 Å². The van der Waals surface area contributed by atoms with Crippen LogP contribution in [0.3, 0.4) is 0 Å². The maximum absolute atomic E-state index is 11.6. The van der Waals surface area contributed by atoms with Crippen LogP contribution < -0.4 is 4.72 Å². The van der Waals surface area contributed by atoms with E-state index in [1.165, 1.54) is 0 Å². The number of rotatable bonds is 4. The molecule has 19 heavy (non-hydrogen) atoms. The molecule has 1 heterocycles. The van der Waals surface area contributed by atoms with Gasteiger partial charge >= 0.3 is 16.2 Å². The molecule has 8 heteroatoms. The van der Waals surface area contributed by atoms with Crippen LogP contribution in [0.2, 0.25) is 0 Å². The van der Waals surface area contributed by atoms with E-state index in [-0.39, 0.29) is 6.42 Å². The van der Waals surface area contributed by atoms with Gasteiger partial charge in [0, 0.05) is 0 Å². The molecule has 1 amide bonds. The number of carbonyl (C=O) groups excluding carboxylic acids is 1. The van der Waals surface area contributed by atoms with Gasteiger partial charge in [-0.15, -0.1) is 0 Å². The summed E-state index contributed by atoms with van der Waals surface area (Å²) in [5.41, 5.74) is 0.685. The van der Waals surface area contributed by atoms with E-state index in [4.69, 9.17) is 5.11 Å². The van der Waals surface area contributed by atoms with Crippen molar-refractivity contribution < 1.29 is 23.1 Å². The third-order valence-electron chi connectivity index (χ3n) is 2.76. The van der Waals surface area contributed by atoms with E-state index in [2.05, 4.69) is 0 Å². The second-order valence-electron chi connectivity index (χ2n) is 4.12. The van der Waals surface area contributed by atoms with E-state index >= 15 is 0 Å². The molecule has 0 aliphatic carbocycles. The highest BCUT2D eigenvalue weighted by Crippen LogP contribution is 2.16. The van der Waals surface area contributed by atoms with Gasteiger partial charge in [-0.2, -0.15) is 12.7 Å². The minimum Gasteiger partial charge on any atom is -0.480 e. The summed E-state index contributed by atoms with van der Waals surface area (Å²) in [5, 5.41) is 9.17. The van der Waals surface area contributed by atoms with Crippen LogP contribution >= 0.6 is 0 Å². The molecule has 1 aliphatic heterocycles. The first kappa shape index (κ1) is 13.5. The predicted octanol–water partition coefficient (Wildman–Crippen LogP) is -0.641. The van der Waals surface area contributed by atoms with Crippen LogP contribution in [0, 0.1) is 0 Å². The Morgan fingerprint density at radius 3 is 2.47 bits per heavy atom. The van der Waals surface area contributed by atoms with Crippen LogP contribution in [0.25, 0.3) is 0 Å². The van der Waals surface area contributed by atoms with E-state index in [9.17, 15) is 18.0 Å². The van der Waals surface area contributed by atoms with E-state index < -0.39 is 34.7 Å². The monoisotopic (exact) mass is 284 g/mol. The topological polar surface area (TPSA) is 104 Å². The molecule has 2 rings (SSSR count). The van der Waals surface area contributed by atoms with E-state index in [1.807, 2.05) is 0 Å². The first-order valence-electron chi connectivity index (χ1n) is 5.49. The van der Waals surface area contributed by atoms with Gasteiger partial charge in [0.05, 0.1) is 6.54 Å². The average Bonchev–Trinajstić information content (AvgIpc) is 2.60. The molecular formula is C11H12N2O5S. The first-order valence-corrected chi connectivity index (χ1v) is 6.93. The second-order valence-corrected chi connectivity index (χ2v) is 5.74. The van der Waals surface area contributed by atoms with Crippen molar-refractivity contribution in [3.8, 4) is 0 Å². The highest BCUT2D eigenvalue weighted by Gasteiger charge is 2.42. The number of carboxylic acids is 1. The third kappa shape index (κ3) is 2.91. The molecule has 102 valence electrons. The van der Waals surface area contributed by atoms with E-state index in [0.717, 1.165) is 0 Å². The SMILES string of the molecule is O=C1CN(C(Cc2ccccc2)C(=O)O)S(=O)(=O)N1. The van der Waals surface area contributed by atoms with Crippen molar-refractivity contribution in [2.24, 2.45) is 0 Å². The number of hydrogen-bond acceptors (Lipinski definition) is 4. The van der Waals surface area contributed by atoms with Gasteiger partial charge in [-0.3, -0.25) is 9.59 Å². The number of carbonyl (C=O) groups is 2. The van der Waals surface area contributed by atoms with Gasteiger partial charge in [0.1, 0.15) is 6.04 Å². The van der Waals surface area contributed by atoms with Gasteiger partial charge in [0.25, 0.3) is 0 Å². The molecule has 0 aromatic heterocycles. The van der Waals surface area contributed by atoms with Gasteiger partial charge in [0.2, 0.25) is 5.91 Å².